The fraction of sp³-hybridized carbons (Fsp3) is 0.583. The molecule has 0 aliphatic carbocycles. The van der Waals surface area contributed by atoms with Crippen LogP contribution < -0.4 is 11.2 Å². The third-order valence-corrected chi connectivity index (χ3v) is 4.07. The van der Waals surface area contributed by atoms with Crippen LogP contribution in [0.3, 0.4) is 0 Å². The van der Waals surface area contributed by atoms with Crippen molar-refractivity contribution in [3.05, 3.63) is 32.6 Å². The highest BCUT2D eigenvalue weighted by Gasteiger charge is 2.35. The summed E-state index contributed by atoms with van der Waals surface area (Å²) in [5, 5.41) is 8.87. The largest absolute Gasteiger partial charge is 0.328 e. The van der Waals surface area contributed by atoms with Gasteiger partial charge >= 0.3 is 5.69 Å². The number of rotatable bonds is 1. The average molecular weight is 246 g/mol. The average Bonchev–Trinajstić information content (AvgIpc) is 2.40. The molecular formula is C12H14N4O2. The second-order valence-electron chi connectivity index (χ2n) is 5.03. The zero-order valence-corrected chi connectivity index (χ0v) is 9.93. The van der Waals surface area contributed by atoms with Crippen LogP contribution in [-0.4, -0.2) is 34.1 Å². The van der Waals surface area contributed by atoms with Gasteiger partial charge < -0.3 is 4.90 Å². The number of hydrogen-bond acceptors (Lipinski definition) is 4. The standard InChI is InChI=1S/C12H14N4O2/c13-5-9-6-16(12(18)14-11(9)17)10-7-15-3-1-8(10)2-4-15/h6,8,10H,1-4,7H2,(H,14,17,18). The molecule has 94 valence electrons. The van der Waals surface area contributed by atoms with E-state index in [2.05, 4.69) is 9.88 Å². The summed E-state index contributed by atoms with van der Waals surface area (Å²) in [6.07, 6.45) is 3.57. The van der Waals surface area contributed by atoms with Gasteiger partial charge in [0.1, 0.15) is 11.6 Å². The van der Waals surface area contributed by atoms with Crippen molar-refractivity contribution < 1.29 is 0 Å². The zero-order chi connectivity index (χ0) is 12.7. The van der Waals surface area contributed by atoms with Crippen LogP contribution >= 0.6 is 0 Å². The number of fused-ring (bicyclic) bond motifs is 3. The van der Waals surface area contributed by atoms with Crippen molar-refractivity contribution in [1.82, 2.24) is 14.5 Å². The second kappa shape index (κ2) is 4.10. The molecule has 0 amide bonds. The Morgan fingerprint density at radius 3 is 2.61 bits per heavy atom. The Balaban J connectivity index is 2.05. The van der Waals surface area contributed by atoms with Crippen molar-refractivity contribution in [3.63, 3.8) is 0 Å². The van der Waals surface area contributed by atoms with Crippen molar-refractivity contribution in [2.75, 3.05) is 19.6 Å². The molecule has 3 aliphatic heterocycles. The number of nitrogens with one attached hydrogen (secondary N) is 1. The van der Waals surface area contributed by atoms with Gasteiger partial charge in [0.15, 0.2) is 0 Å². The summed E-state index contributed by atoms with van der Waals surface area (Å²) >= 11 is 0. The molecule has 3 saturated heterocycles. The second-order valence-corrected chi connectivity index (χ2v) is 5.03. The molecule has 0 saturated carbocycles. The van der Waals surface area contributed by atoms with E-state index in [1.165, 1.54) is 10.8 Å². The van der Waals surface area contributed by atoms with Crippen molar-refractivity contribution >= 4 is 0 Å². The van der Waals surface area contributed by atoms with Crippen LogP contribution in [0.2, 0.25) is 0 Å². The molecule has 0 radical (unpaired) electrons. The summed E-state index contributed by atoms with van der Waals surface area (Å²) in [7, 11) is 0. The molecule has 1 aromatic heterocycles. The molecule has 1 aromatic rings. The van der Waals surface area contributed by atoms with Gasteiger partial charge in [0, 0.05) is 12.7 Å². The lowest BCUT2D eigenvalue weighted by molar-refractivity contribution is 0.0546. The topological polar surface area (TPSA) is 81.9 Å². The smallest absolute Gasteiger partial charge is 0.301 e. The summed E-state index contributed by atoms with van der Waals surface area (Å²) in [5.41, 5.74) is -0.996. The van der Waals surface area contributed by atoms with Gasteiger partial charge in [-0.1, -0.05) is 0 Å². The Morgan fingerprint density at radius 1 is 1.33 bits per heavy atom. The number of nitriles is 1. The molecule has 4 rings (SSSR count). The Kier molecular flexibility index (Phi) is 2.56. The number of aromatic amines is 1. The lowest BCUT2D eigenvalue weighted by atomic mass is 9.84. The summed E-state index contributed by atoms with van der Waals surface area (Å²) in [4.78, 5) is 27.8. The molecule has 18 heavy (non-hydrogen) atoms. The van der Waals surface area contributed by atoms with E-state index in [1.54, 1.807) is 0 Å². The summed E-state index contributed by atoms with van der Waals surface area (Å²) in [6, 6.07) is 1.92. The highest BCUT2D eigenvalue weighted by molar-refractivity contribution is 5.22. The van der Waals surface area contributed by atoms with Gasteiger partial charge in [-0.25, -0.2) is 4.79 Å². The van der Waals surface area contributed by atoms with Crippen LogP contribution in [0.25, 0.3) is 0 Å². The normalized spacial score (nSPS) is 30.1. The van der Waals surface area contributed by atoms with E-state index in [4.69, 9.17) is 5.26 Å². The maximum Gasteiger partial charge on any atom is 0.328 e. The minimum Gasteiger partial charge on any atom is -0.301 e. The first-order valence-electron chi connectivity index (χ1n) is 6.17. The lowest BCUT2D eigenvalue weighted by Gasteiger charge is -2.45. The van der Waals surface area contributed by atoms with Crippen LogP contribution in [0.15, 0.2) is 15.8 Å². The van der Waals surface area contributed by atoms with Crippen molar-refractivity contribution in [2.24, 2.45) is 5.92 Å². The van der Waals surface area contributed by atoms with Gasteiger partial charge in [-0.2, -0.15) is 5.26 Å². The van der Waals surface area contributed by atoms with Gasteiger partial charge in [-0.05, 0) is 31.8 Å². The number of H-pyrrole nitrogens is 1. The monoisotopic (exact) mass is 246 g/mol. The molecule has 0 aromatic carbocycles. The Labute approximate surface area is 103 Å². The van der Waals surface area contributed by atoms with E-state index in [-0.39, 0.29) is 11.6 Å². The van der Waals surface area contributed by atoms with E-state index in [0.717, 1.165) is 32.5 Å². The fourth-order valence-corrected chi connectivity index (χ4v) is 3.06. The van der Waals surface area contributed by atoms with E-state index in [1.807, 2.05) is 6.07 Å². The highest BCUT2D eigenvalue weighted by atomic mass is 16.2. The predicted molar refractivity (Wildman–Crippen MR) is 64.2 cm³/mol. The zero-order valence-electron chi connectivity index (χ0n) is 9.93. The third-order valence-electron chi connectivity index (χ3n) is 4.07. The molecule has 1 atom stereocenters. The molecule has 6 nitrogen and oxygen atoms in total. The van der Waals surface area contributed by atoms with Crippen molar-refractivity contribution in [1.29, 1.82) is 5.26 Å². The lowest BCUT2D eigenvalue weighted by Crippen LogP contribution is -2.50. The minimum atomic E-state index is -0.597. The summed E-state index contributed by atoms with van der Waals surface area (Å²) in [5.74, 6) is 0.477. The minimum absolute atomic E-state index is 0.00560. The Hall–Kier alpha value is -1.87. The quantitative estimate of drug-likeness (QED) is 0.736. The first-order valence-corrected chi connectivity index (χ1v) is 6.17. The first-order chi connectivity index (χ1) is 8.69. The number of piperidine rings is 3. The SMILES string of the molecule is N#Cc1cn(C2CN3CCC2CC3)c(=O)[nH]c1=O. The fourth-order valence-electron chi connectivity index (χ4n) is 3.06. The molecule has 6 heteroatoms. The van der Waals surface area contributed by atoms with E-state index in [0.29, 0.717) is 5.92 Å². The molecular weight excluding hydrogens is 232 g/mol. The van der Waals surface area contributed by atoms with Gasteiger partial charge in [0.2, 0.25) is 0 Å². The molecule has 2 bridgehead atoms. The van der Waals surface area contributed by atoms with Crippen LogP contribution in [0.1, 0.15) is 24.4 Å². The van der Waals surface area contributed by atoms with Gasteiger partial charge in [-0.3, -0.25) is 14.3 Å². The van der Waals surface area contributed by atoms with Gasteiger partial charge in [-0.15, -0.1) is 0 Å². The van der Waals surface area contributed by atoms with Crippen LogP contribution in [0, 0.1) is 17.2 Å². The Morgan fingerprint density at radius 2 is 2.06 bits per heavy atom. The Bertz CT molecular complexity index is 616. The predicted octanol–water partition coefficient (Wildman–Crippen LogP) is -0.325. The van der Waals surface area contributed by atoms with E-state index in [9.17, 15) is 9.59 Å². The highest BCUT2D eigenvalue weighted by Crippen LogP contribution is 2.34. The van der Waals surface area contributed by atoms with Crippen LogP contribution in [-0.2, 0) is 0 Å². The molecule has 1 unspecified atom stereocenters. The maximum absolute atomic E-state index is 11.9. The van der Waals surface area contributed by atoms with Crippen LogP contribution in [0.4, 0.5) is 0 Å². The summed E-state index contributed by atoms with van der Waals surface area (Å²) in [6.45, 7) is 3.01. The van der Waals surface area contributed by atoms with Gasteiger partial charge in [0.05, 0.1) is 6.04 Å². The third kappa shape index (κ3) is 1.68. The number of hydrogen-bond donors (Lipinski definition) is 1. The van der Waals surface area contributed by atoms with Crippen molar-refractivity contribution in [3.8, 4) is 6.07 Å². The molecule has 0 spiro atoms. The van der Waals surface area contributed by atoms with Crippen molar-refractivity contribution in [2.45, 2.75) is 18.9 Å². The summed E-state index contributed by atoms with van der Waals surface area (Å²) < 4.78 is 1.54. The van der Waals surface area contributed by atoms with Crippen LogP contribution in [0.5, 0.6) is 0 Å². The van der Waals surface area contributed by atoms with E-state index < -0.39 is 11.2 Å². The first kappa shape index (κ1) is 11.2. The number of aromatic nitrogens is 2. The molecule has 1 N–H and O–H groups in total. The molecule has 3 fully saturated rings. The molecule has 4 heterocycles. The maximum atomic E-state index is 11.9. The number of nitrogens with zero attached hydrogens (tertiary/aromatic N) is 3. The molecule has 3 aliphatic rings. The van der Waals surface area contributed by atoms with E-state index >= 15 is 0 Å². The van der Waals surface area contributed by atoms with Gasteiger partial charge in [0.25, 0.3) is 5.56 Å².